The second kappa shape index (κ2) is 10.4. The molecule has 1 amide bonds. The number of aliphatic imine (C=N–C) groups is 1. The van der Waals surface area contributed by atoms with Gasteiger partial charge in [-0.3, -0.25) is 4.99 Å². The molecule has 0 bridgehead atoms. The van der Waals surface area contributed by atoms with Gasteiger partial charge in [-0.05, 0) is 33.6 Å². The minimum atomic E-state index is -0.494. The van der Waals surface area contributed by atoms with Crippen molar-refractivity contribution in [2.45, 2.75) is 78.0 Å². The molecule has 9 nitrogen and oxygen atoms in total. The molecule has 1 unspecified atom stereocenters. The summed E-state index contributed by atoms with van der Waals surface area (Å²) in [7, 11) is 1.71. The summed E-state index contributed by atoms with van der Waals surface area (Å²) < 4.78 is 10.8. The van der Waals surface area contributed by atoms with Crippen LogP contribution in [-0.2, 0) is 16.7 Å². The third kappa shape index (κ3) is 8.35. The molecule has 166 valence electrons. The van der Waals surface area contributed by atoms with Crippen molar-refractivity contribution in [3.63, 3.8) is 0 Å². The Morgan fingerprint density at radius 3 is 2.55 bits per heavy atom. The molecule has 0 saturated carbocycles. The predicted molar refractivity (Wildman–Crippen MR) is 123 cm³/mol. The summed E-state index contributed by atoms with van der Waals surface area (Å²) in [6, 6.07) is 0.0999. The van der Waals surface area contributed by atoms with Crippen molar-refractivity contribution in [3.05, 3.63) is 11.7 Å². The van der Waals surface area contributed by atoms with Gasteiger partial charge in [0.25, 0.3) is 0 Å². The lowest BCUT2D eigenvalue weighted by atomic mass is 9.97. The number of hydrogen-bond acceptors (Lipinski definition) is 6. The lowest BCUT2D eigenvalue weighted by Gasteiger charge is -2.34. The number of carbonyl (C=O) groups is 1. The molecule has 2 N–H and O–H groups in total. The summed E-state index contributed by atoms with van der Waals surface area (Å²) in [5.74, 6) is 1.82. The van der Waals surface area contributed by atoms with Gasteiger partial charge < -0.3 is 24.8 Å². The number of amides is 1. The number of halogens is 1. The molecule has 29 heavy (non-hydrogen) atoms. The second-order valence-electron chi connectivity index (χ2n) is 9.10. The van der Waals surface area contributed by atoms with Crippen molar-refractivity contribution in [2.24, 2.45) is 4.99 Å². The molecule has 2 heterocycles. The highest BCUT2D eigenvalue weighted by Crippen LogP contribution is 2.19. The van der Waals surface area contributed by atoms with Gasteiger partial charge >= 0.3 is 6.09 Å². The van der Waals surface area contributed by atoms with Gasteiger partial charge in [-0.15, -0.1) is 24.0 Å². The topological polar surface area (TPSA) is 105 Å². The minimum absolute atomic E-state index is 0. The summed E-state index contributed by atoms with van der Waals surface area (Å²) >= 11 is 0. The number of hydrogen-bond donors (Lipinski definition) is 2. The maximum absolute atomic E-state index is 12.3. The molecule has 1 aliphatic heterocycles. The van der Waals surface area contributed by atoms with Crippen LogP contribution in [0.3, 0.4) is 0 Å². The Morgan fingerprint density at radius 1 is 1.31 bits per heavy atom. The van der Waals surface area contributed by atoms with E-state index in [9.17, 15) is 4.79 Å². The lowest BCUT2D eigenvalue weighted by molar-refractivity contribution is 0.0193. The average Bonchev–Trinajstić information content (AvgIpc) is 3.06. The standard InChI is InChI=1S/C19H34N6O3.HI/c1-18(2,3)15-23-14(24-28-15)11-21-16(20-7)22-13-9-8-10-25(12-13)17(26)27-19(4,5)6;/h13H,8-12H2,1-7H3,(H2,20,21,22);1H. The van der Waals surface area contributed by atoms with Gasteiger partial charge in [0.2, 0.25) is 5.89 Å². The number of carbonyl (C=O) groups excluding carboxylic acids is 1. The van der Waals surface area contributed by atoms with Crippen molar-refractivity contribution in [2.75, 3.05) is 20.1 Å². The van der Waals surface area contributed by atoms with Gasteiger partial charge in [0.15, 0.2) is 11.8 Å². The second-order valence-corrected chi connectivity index (χ2v) is 9.10. The van der Waals surface area contributed by atoms with E-state index in [4.69, 9.17) is 9.26 Å². The summed E-state index contributed by atoms with van der Waals surface area (Å²) in [5, 5.41) is 10.6. The van der Waals surface area contributed by atoms with E-state index in [0.717, 1.165) is 12.8 Å². The van der Waals surface area contributed by atoms with Crippen LogP contribution in [0.2, 0.25) is 0 Å². The summed E-state index contributed by atoms with van der Waals surface area (Å²) in [6.45, 7) is 13.4. The Morgan fingerprint density at radius 2 is 2.00 bits per heavy atom. The fourth-order valence-electron chi connectivity index (χ4n) is 2.77. The van der Waals surface area contributed by atoms with E-state index >= 15 is 0 Å². The quantitative estimate of drug-likeness (QED) is 0.357. The number of nitrogens with zero attached hydrogens (tertiary/aromatic N) is 4. The summed E-state index contributed by atoms with van der Waals surface area (Å²) in [6.07, 6.45) is 1.59. The van der Waals surface area contributed by atoms with Gasteiger partial charge in [0.1, 0.15) is 5.60 Å². The van der Waals surface area contributed by atoms with E-state index in [1.165, 1.54) is 0 Å². The Bertz CT molecular complexity index is 693. The first kappa shape index (κ1) is 25.4. The SMILES string of the molecule is CN=C(NCc1noc(C(C)(C)C)n1)NC1CCCN(C(=O)OC(C)(C)C)C1.I. The zero-order chi connectivity index (χ0) is 20.9. The fourth-order valence-corrected chi connectivity index (χ4v) is 2.77. The number of likely N-dealkylation sites (tertiary alicyclic amines) is 1. The third-order valence-corrected chi connectivity index (χ3v) is 4.16. The van der Waals surface area contributed by atoms with E-state index in [0.29, 0.717) is 37.3 Å². The van der Waals surface area contributed by atoms with Crippen molar-refractivity contribution < 1.29 is 14.1 Å². The molecule has 10 heteroatoms. The highest BCUT2D eigenvalue weighted by Gasteiger charge is 2.28. The monoisotopic (exact) mass is 522 g/mol. The van der Waals surface area contributed by atoms with Gasteiger partial charge in [-0.2, -0.15) is 4.98 Å². The minimum Gasteiger partial charge on any atom is -0.444 e. The van der Waals surface area contributed by atoms with Gasteiger partial charge in [-0.1, -0.05) is 25.9 Å². The average molecular weight is 522 g/mol. The first-order chi connectivity index (χ1) is 13.0. The van der Waals surface area contributed by atoms with Crippen molar-refractivity contribution in [1.82, 2.24) is 25.7 Å². The number of guanidine groups is 1. The molecule has 0 aromatic carbocycles. The van der Waals surface area contributed by atoms with Crippen LogP contribution in [0.5, 0.6) is 0 Å². The third-order valence-electron chi connectivity index (χ3n) is 4.16. The Kier molecular flexibility index (Phi) is 9.16. The Hall–Kier alpha value is -1.59. The van der Waals surface area contributed by atoms with E-state index in [1.807, 2.05) is 41.5 Å². The van der Waals surface area contributed by atoms with E-state index < -0.39 is 5.60 Å². The maximum Gasteiger partial charge on any atom is 0.410 e. The van der Waals surface area contributed by atoms with E-state index in [1.54, 1.807) is 11.9 Å². The molecule has 1 atom stereocenters. The first-order valence-electron chi connectivity index (χ1n) is 9.76. The smallest absolute Gasteiger partial charge is 0.410 e. The van der Waals surface area contributed by atoms with Crippen LogP contribution in [0.4, 0.5) is 4.79 Å². The van der Waals surface area contributed by atoms with Gasteiger partial charge in [0, 0.05) is 31.6 Å². The molecule has 2 rings (SSSR count). The zero-order valence-electron chi connectivity index (χ0n) is 18.5. The first-order valence-corrected chi connectivity index (χ1v) is 9.76. The highest BCUT2D eigenvalue weighted by molar-refractivity contribution is 14.0. The Labute approximate surface area is 190 Å². The molecule has 0 aliphatic carbocycles. The van der Waals surface area contributed by atoms with Gasteiger partial charge in [-0.25, -0.2) is 4.79 Å². The predicted octanol–water partition coefficient (Wildman–Crippen LogP) is 3.05. The largest absolute Gasteiger partial charge is 0.444 e. The molecule has 1 aromatic heterocycles. The molecule has 1 saturated heterocycles. The number of nitrogens with one attached hydrogen (secondary N) is 2. The summed E-state index contributed by atoms with van der Waals surface area (Å²) in [5.41, 5.74) is -0.677. The Balaban J connectivity index is 0.00000420. The van der Waals surface area contributed by atoms with Crippen LogP contribution < -0.4 is 10.6 Å². The van der Waals surface area contributed by atoms with E-state index in [-0.39, 0.29) is 41.5 Å². The maximum atomic E-state index is 12.3. The molecular formula is C19H35IN6O3. The van der Waals surface area contributed by atoms with Crippen molar-refractivity contribution in [1.29, 1.82) is 0 Å². The van der Waals surface area contributed by atoms with Crippen molar-refractivity contribution in [3.8, 4) is 0 Å². The number of aromatic nitrogens is 2. The highest BCUT2D eigenvalue weighted by atomic mass is 127. The number of ether oxygens (including phenoxy) is 1. The van der Waals surface area contributed by atoms with Crippen LogP contribution in [0.25, 0.3) is 0 Å². The molecule has 1 aliphatic rings. The van der Waals surface area contributed by atoms with E-state index in [2.05, 4.69) is 25.8 Å². The van der Waals surface area contributed by atoms with Gasteiger partial charge in [0.05, 0.1) is 6.54 Å². The number of rotatable bonds is 3. The van der Waals surface area contributed by atoms with Crippen molar-refractivity contribution >= 4 is 36.0 Å². The summed E-state index contributed by atoms with van der Waals surface area (Å²) in [4.78, 5) is 22.7. The molecule has 0 radical (unpaired) electrons. The normalized spacial score (nSPS) is 18.1. The molecule has 1 fully saturated rings. The fraction of sp³-hybridized carbons (Fsp3) is 0.789. The molecule has 0 spiro atoms. The lowest BCUT2D eigenvalue weighted by Crippen LogP contribution is -2.53. The van der Waals surface area contributed by atoms with Crippen LogP contribution in [-0.4, -0.2) is 58.9 Å². The van der Waals surface area contributed by atoms with Crippen LogP contribution in [0.15, 0.2) is 9.52 Å². The zero-order valence-corrected chi connectivity index (χ0v) is 20.9. The molecule has 1 aromatic rings. The molecular weight excluding hydrogens is 487 g/mol. The van der Waals surface area contributed by atoms with Crippen LogP contribution >= 0.6 is 24.0 Å². The number of piperidine rings is 1. The van der Waals surface area contributed by atoms with Crippen LogP contribution in [0.1, 0.15) is 66.1 Å². The van der Waals surface area contributed by atoms with Crippen LogP contribution in [0, 0.1) is 0 Å².